The van der Waals surface area contributed by atoms with Gasteiger partial charge in [0.05, 0.1) is 40.2 Å². The van der Waals surface area contributed by atoms with E-state index in [2.05, 4.69) is 9.88 Å². The van der Waals surface area contributed by atoms with Crippen molar-refractivity contribution < 1.29 is 14.3 Å². The van der Waals surface area contributed by atoms with E-state index in [-0.39, 0.29) is 5.91 Å². The van der Waals surface area contributed by atoms with Crippen molar-refractivity contribution >= 4 is 54.1 Å². The molecule has 4 aromatic rings. The molecule has 0 aliphatic heterocycles. The average Bonchev–Trinajstić information content (AvgIpc) is 3.40. The highest BCUT2D eigenvalue weighted by Crippen LogP contribution is 2.37. The molecule has 0 unspecified atom stereocenters. The first kappa shape index (κ1) is 21.5. The van der Waals surface area contributed by atoms with Crippen LogP contribution in [0.2, 0.25) is 0 Å². The molecule has 162 valence electrons. The number of fused-ring (bicyclic) bond motifs is 2. The smallest absolute Gasteiger partial charge is 0.260 e. The van der Waals surface area contributed by atoms with Crippen LogP contribution in [0.15, 0.2) is 35.8 Å². The highest BCUT2D eigenvalue weighted by atomic mass is 32.1. The molecular formula is C22H24N4O3S2. The van der Waals surface area contributed by atoms with Crippen LogP contribution >= 0.6 is 22.7 Å². The first-order chi connectivity index (χ1) is 15.0. The maximum atomic E-state index is 13.5. The molecule has 0 aliphatic carbocycles. The molecule has 0 bridgehead atoms. The molecule has 7 nitrogen and oxygen atoms in total. The fraction of sp³-hybridized carbons (Fsp3) is 0.318. The van der Waals surface area contributed by atoms with Gasteiger partial charge in [-0.3, -0.25) is 9.69 Å². The van der Waals surface area contributed by atoms with Crippen LogP contribution in [-0.4, -0.2) is 62.2 Å². The van der Waals surface area contributed by atoms with Gasteiger partial charge >= 0.3 is 0 Å². The van der Waals surface area contributed by atoms with Crippen molar-refractivity contribution in [3.8, 4) is 11.5 Å². The molecule has 9 heteroatoms. The molecule has 0 fully saturated rings. The monoisotopic (exact) mass is 456 g/mol. The number of thiazole rings is 2. The lowest BCUT2D eigenvalue weighted by atomic mass is 10.2. The number of hydrogen-bond donors (Lipinski definition) is 0. The maximum Gasteiger partial charge on any atom is 0.260 e. The summed E-state index contributed by atoms with van der Waals surface area (Å²) in [5.74, 6) is 1.20. The first-order valence-electron chi connectivity index (χ1n) is 9.82. The molecule has 0 aliphatic rings. The Balaban J connectivity index is 1.72. The SMILES string of the molecule is COc1cc2nc(N(CCCN(C)C)C(=O)c3ccc4ncsc4c3)sc2cc1OC. The molecule has 2 heterocycles. The quantitative estimate of drug-likeness (QED) is 0.388. The topological polar surface area (TPSA) is 67.8 Å². The Kier molecular flexibility index (Phi) is 6.35. The fourth-order valence-electron chi connectivity index (χ4n) is 3.33. The number of nitrogens with zero attached hydrogens (tertiary/aromatic N) is 4. The van der Waals surface area contributed by atoms with E-state index in [1.807, 2.05) is 44.4 Å². The van der Waals surface area contributed by atoms with E-state index in [1.54, 1.807) is 24.6 Å². The van der Waals surface area contributed by atoms with Crippen LogP contribution in [0.4, 0.5) is 5.13 Å². The van der Waals surface area contributed by atoms with Crippen molar-refractivity contribution in [2.75, 3.05) is 46.3 Å². The lowest BCUT2D eigenvalue weighted by Gasteiger charge is -2.21. The van der Waals surface area contributed by atoms with Gasteiger partial charge in [-0.1, -0.05) is 11.3 Å². The molecule has 0 radical (unpaired) electrons. The summed E-state index contributed by atoms with van der Waals surface area (Å²) in [6.07, 6.45) is 0.837. The van der Waals surface area contributed by atoms with E-state index in [1.165, 1.54) is 22.7 Å². The summed E-state index contributed by atoms with van der Waals surface area (Å²) in [5.41, 5.74) is 4.11. The van der Waals surface area contributed by atoms with Gasteiger partial charge in [-0.15, -0.1) is 11.3 Å². The molecule has 2 aromatic heterocycles. The summed E-state index contributed by atoms with van der Waals surface area (Å²) >= 11 is 3.01. The molecule has 1 amide bonds. The number of amides is 1. The van der Waals surface area contributed by atoms with Crippen molar-refractivity contribution in [2.45, 2.75) is 6.42 Å². The largest absolute Gasteiger partial charge is 0.493 e. The Hall–Kier alpha value is -2.75. The predicted octanol–water partition coefficient (Wildman–Crippen LogP) is 4.52. The van der Waals surface area contributed by atoms with Gasteiger partial charge in [0.15, 0.2) is 16.6 Å². The number of ether oxygens (including phenoxy) is 2. The second kappa shape index (κ2) is 9.17. The number of hydrogen-bond acceptors (Lipinski definition) is 8. The molecule has 31 heavy (non-hydrogen) atoms. The normalized spacial score (nSPS) is 11.4. The lowest BCUT2D eigenvalue weighted by molar-refractivity contribution is 0.0986. The van der Waals surface area contributed by atoms with E-state index >= 15 is 0 Å². The van der Waals surface area contributed by atoms with E-state index in [0.29, 0.717) is 28.7 Å². The molecular weight excluding hydrogens is 432 g/mol. The third-order valence-electron chi connectivity index (χ3n) is 4.92. The van der Waals surface area contributed by atoms with E-state index < -0.39 is 0 Å². The molecule has 0 spiro atoms. The van der Waals surface area contributed by atoms with E-state index in [0.717, 1.165) is 33.4 Å². The molecule has 0 saturated carbocycles. The van der Waals surface area contributed by atoms with Crippen LogP contribution in [0, 0.1) is 0 Å². The van der Waals surface area contributed by atoms with Gasteiger partial charge in [0.2, 0.25) is 0 Å². The van der Waals surface area contributed by atoms with Crippen LogP contribution in [0.25, 0.3) is 20.4 Å². The van der Waals surface area contributed by atoms with Crippen molar-refractivity contribution in [1.82, 2.24) is 14.9 Å². The third kappa shape index (κ3) is 4.48. The standard InChI is InChI=1S/C22H24N4O3S2/c1-25(2)8-5-9-26(21(27)14-6-7-15-19(10-14)30-13-23-15)22-24-16-11-17(28-3)18(29-4)12-20(16)31-22/h6-7,10-13H,5,8-9H2,1-4H3. The van der Waals surface area contributed by atoms with Crippen LogP contribution in [-0.2, 0) is 0 Å². The van der Waals surface area contributed by atoms with Crippen molar-refractivity contribution in [1.29, 1.82) is 0 Å². The minimum absolute atomic E-state index is 0.0629. The number of benzene rings is 2. The molecule has 0 atom stereocenters. The number of rotatable bonds is 8. The molecule has 0 saturated heterocycles. The minimum atomic E-state index is -0.0629. The Labute approximate surface area is 188 Å². The maximum absolute atomic E-state index is 13.5. The second-order valence-electron chi connectivity index (χ2n) is 7.32. The van der Waals surface area contributed by atoms with Crippen molar-refractivity contribution in [2.24, 2.45) is 0 Å². The van der Waals surface area contributed by atoms with Gasteiger partial charge in [-0.05, 0) is 45.3 Å². The Morgan fingerprint density at radius 2 is 1.77 bits per heavy atom. The highest BCUT2D eigenvalue weighted by Gasteiger charge is 2.22. The number of carbonyl (C=O) groups excluding carboxylic acids is 1. The Morgan fingerprint density at radius 3 is 2.52 bits per heavy atom. The summed E-state index contributed by atoms with van der Waals surface area (Å²) in [6, 6.07) is 9.39. The number of anilines is 1. The van der Waals surface area contributed by atoms with Gasteiger partial charge in [-0.2, -0.15) is 0 Å². The van der Waals surface area contributed by atoms with E-state index in [4.69, 9.17) is 14.5 Å². The van der Waals surface area contributed by atoms with E-state index in [9.17, 15) is 4.79 Å². The summed E-state index contributed by atoms with van der Waals surface area (Å²) in [7, 11) is 7.27. The van der Waals surface area contributed by atoms with Gasteiger partial charge in [0.25, 0.3) is 5.91 Å². The number of methoxy groups -OCH3 is 2. The lowest BCUT2D eigenvalue weighted by Crippen LogP contribution is -2.33. The van der Waals surface area contributed by atoms with Crippen LogP contribution in [0.1, 0.15) is 16.8 Å². The van der Waals surface area contributed by atoms with Crippen molar-refractivity contribution in [3.05, 3.63) is 41.4 Å². The first-order valence-corrected chi connectivity index (χ1v) is 11.5. The third-order valence-corrected chi connectivity index (χ3v) is 6.76. The van der Waals surface area contributed by atoms with Gasteiger partial charge in [0, 0.05) is 24.2 Å². The van der Waals surface area contributed by atoms with Crippen LogP contribution < -0.4 is 14.4 Å². The van der Waals surface area contributed by atoms with Gasteiger partial charge in [0.1, 0.15) is 0 Å². The molecule has 2 aromatic carbocycles. The summed E-state index contributed by atoms with van der Waals surface area (Å²) in [6.45, 7) is 1.45. The highest BCUT2D eigenvalue weighted by molar-refractivity contribution is 7.22. The molecule has 0 N–H and O–H groups in total. The summed E-state index contributed by atoms with van der Waals surface area (Å²) in [4.78, 5) is 26.5. The fourth-order valence-corrected chi connectivity index (χ4v) is 5.05. The molecule has 4 rings (SSSR count). The number of carbonyl (C=O) groups is 1. The van der Waals surface area contributed by atoms with Gasteiger partial charge < -0.3 is 14.4 Å². The summed E-state index contributed by atoms with van der Waals surface area (Å²) < 4.78 is 12.8. The zero-order chi connectivity index (χ0) is 22.0. The number of aromatic nitrogens is 2. The second-order valence-corrected chi connectivity index (χ2v) is 9.22. The van der Waals surface area contributed by atoms with Crippen LogP contribution in [0.3, 0.4) is 0 Å². The van der Waals surface area contributed by atoms with Crippen LogP contribution in [0.5, 0.6) is 11.5 Å². The summed E-state index contributed by atoms with van der Waals surface area (Å²) in [5, 5.41) is 0.665. The predicted molar refractivity (Wildman–Crippen MR) is 127 cm³/mol. The van der Waals surface area contributed by atoms with Gasteiger partial charge in [-0.25, -0.2) is 9.97 Å². The zero-order valence-corrected chi connectivity index (χ0v) is 19.5. The zero-order valence-electron chi connectivity index (χ0n) is 17.9. The van der Waals surface area contributed by atoms with Crippen molar-refractivity contribution in [3.63, 3.8) is 0 Å². The minimum Gasteiger partial charge on any atom is -0.493 e. The average molecular weight is 457 g/mol. The Morgan fingerprint density at radius 1 is 1.00 bits per heavy atom. The Bertz CT molecular complexity index is 1180.